The summed E-state index contributed by atoms with van der Waals surface area (Å²) in [5, 5.41) is 5.02. The molecule has 3 rings (SSSR count). The van der Waals surface area contributed by atoms with Crippen LogP contribution in [0.15, 0.2) is 42.5 Å². The average molecular weight is 480 g/mol. The molecule has 3 unspecified atom stereocenters. The van der Waals surface area contributed by atoms with Gasteiger partial charge in [-0.1, -0.05) is 82.9 Å². The van der Waals surface area contributed by atoms with Crippen molar-refractivity contribution in [1.82, 2.24) is 15.1 Å². The molecule has 0 spiro atoms. The number of rotatable bonds is 10. The predicted molar refractivity (Wildman–Crippen MR) is 141 cm³/mol. The van der Waals surface area contributed by atoms with E-state index in [1.807, 2.05) is 73.0 Å². The maximum absolute atomic E-state index is 13.5. The summed E-state index contributed by atoms with van der Waals surface area (Å²) >= 11 is 0. The first-order chi connectivity index (χ1) is 16.9. The van der Waals surface area contributed by atoms with E-state index in [9.17, 15) is 14.4 Å². The second kappa shape index (κ2) is 12.7. The lowest BCUT2D eigenvalue weighted by molar-refractivity contribution is -0.140. The van der Waals surface area contributed by atoms with E-state index in [-0.39, 0.29) is 29.7 Å². The van der Waals surface area contributed by atoms with Gasteiger partial charge >= 0.3 is 0 Å². The first-order valence-electron chi connectivity index (χ1n) is 13.2. The third-order valence-electron chi connectivity index (χ3n) is 7.27. The zero-order chi connectivity index (χ0) is 25.4. The highest BCUT2D eigenvalue weighted by molar-refractivity contribution is 6.07. The van der Waals surface area contributed by atoms with Crippen molar-refractivity contribution < 1.29 is 14.4 Å². The number of carbonyl (C=O) groups is 3. The molecule has 0 saturated carbocycles. The molecule has 0 aliphatic carbocycles. The van der Waals surface area contributed by atoms with Crippen molar-refractivity contribution in [3.05, 3.63) is 48.0 Å². The Labute approximate surface area is 210 Å². The van der Waals surface area contributed by atoms with Crippen molar-refractivity contribution in [3.63, 3.8) is 0 Å². The van der Waals surface area contributed by atoms with E-state index in [1.54, 1.807) is 0 Å². The summed E-state index contributed by atoms with van der Waals surface area (Å²) in [6.07, 6.45) is 5.41. The fraction of sp³-hybridized carbons (Fsp3) is 0.552. The van der Waals surface area contributed by atoms with Crippen molar-refractivity contribution >= 4 is 28.5 Å². The highest BCUT2D eigenvalue weighted by Crippen LogP contribution is 2.23. The summed E-state index contributed by atoms with van der Waals surface area (Å²) in [4.78, 5) is 43.2. The second-order valence-electron chi connectivity index (χ2n) is 9.90. The number of nitrogens with zero attached hydrogens (tertiary/aromatic N) is 2. The summed E-state index contributed by atoms with van der Waals surface area (Å²) in [5.41, 5.74) is 0.697. The molecule has 1 heterocycles. The quantitative estimate of drug-likeness (QED) is 0.487. The summed E-state index contributed by atoms with van der Waals surface area (Å²) in [5.74, 6) is -0.0315. The monoisotopic (exact) mass is 479 g/mol. The number of unbranched alkanes of at least 4 members (excludes halogenated alkanes) is 3. The largest absolute Gasteiger partial charge is 0.344 e. The van der Waals surface area contributed by atoms with Gasteiger partial charge in [0.25, 0.3) is 5.91 Å². The van der Waals surface area contributed by atoms with Gasteiger partial charge in [0.05, 0.1) is 0 Å². The number of benzene rings is 2. The molecule has 1 fully saturated rings. The van der Waals surface area contributed by atoms with Crippen LogP contribution >= 0.6 is 0 Å². The molecule has 3 atom stereocenters. The van der Waals surface area contributed by atoms with Gasteiger partial charge in [-0.25, -0.2) is 0 Å². The first kappa shape index (κ1) is 26.7. The van der Waals surface area contributed by atoms with Crippen molar-refractivity contribution in [1.29, 1.82) is 0 Å². The van der Waals surface area contributed by atoms with Crippen LogP contribution in [-0.2, 0) is 9.59 Å². The molecule has 1 N–H and O–H groups in total. The molecule has 6 heteroatoms. The molecule has 1 aliphatic heterocycles. The Balaban J connectivity index is 1.65. The van der Waals surface area contributed by atoms with E-state index in [0.29, 0.717) is 31.6 Å². The van der Waals surface area contributed by atoms with Crippen molar-refractivity contribution in [2.24, 2.45) is 5.92 Å². The highest BCUT2D eigenvalue weighted by atomic mass is 16.2. The van der Waals surface area contributed by atoms with Crippen molar-refractivity contribution in [3.8, 4) is 0 Å². The summed E-state index contributed by atoms with van der Waals surface area (Å²) in [6.45, 7) is 9.62. The van der Waals surface area contributed by atoms with E-state index < -0.39 is 6.04 Å². The molecule has 1 saturated heterocycles. The van der Waals surface area contributed by atoms with Crippen LogP contribution in [0, 0.1) is 5.92 Å². The molecule has 0 aromatic heterocycles. The maximum atomic E-state index is 13.5. The maximum Gasteiger partial charge on any atom is 0.254 e. The second-order valence-corrected chi connectivity index (χ2v) is 9.90. The van der Waals surface area contributed by atoms with E-state index in [4.69, 9.17) is 0 Å². The van der Waals surface area contributed by atoms with Crippen LogP contribution < -0.4 is 5.32 Å². The van der Waals surface area contributed by atoms with Gasteiger partial charge in [-0.15, -0.1) is 0 Å². The molecule has 3 amide bonds. The van der Waals surface area contributed by atoms with E-state index in [2.05, 4.69) is 12.2 Å². The minimum absolute atomic E-state index is 0.000238. The summed E-state index contributed by atoms with van der Waals surface area (Å²) in [7, 11) is 0. The van der Waals surface area contributed by atoms with Gasteiger partial charge in [0.15, 0.2) is 0 Å². The molecule has 35 heavy (non-hydrogen) atoms. The molecule has 1 aliphatic rings. The number of piperazine rings is 1. The Morgan fingerprint density at radius 2 is 1.74 bits per heavy atom. The lowest BCUT2D eigenvalue weighted by Crippen LogP contribution is -2.60. The molecule has 0 bridgehead atoms. The standard InChI is InChI=1S/C29H41N3O3/c1-5-7-8-9-17-26(33)30-27(21(3)6-2)29(35)31-18-19-32(22(4)20-31)28(34)25-16-12-14-23-13-10-11-15-24(23)25/h10-16,21-22,27H,5-9,17-20H2,1-4H3,(H,30,33). The van der Waals surface area contributed by atoms with Gasteiger partial charge in [-0.3, -0.25) is 14.4 Å². The number of fused-ring (bicyclic) bond motifs is 1. The smallest absolute Gasteiger partial charge is 0.254 e. The number of hydrogen-bond acceptors (Lipinski definition) is 3. The van der Waals surface area contributed by atoms with Crippen molar-refractivity contribution in [2.75, 3.05) is 19.6 Å². The molecular weight excluding hydrogens is 438 g/mol. The van der Waals surface area contributed by atoms with Crippen LogP contribution in [-0.4, -0.2) is 59.2 Å². The molecular formula is C29H41N3O3. The summed E-state index contributed by atoms with van der Waals surface area (Å²) < 4.78 is 0. The Bertz CT molecular complexity index is 1020. The number of carbonyl (C=O) groups excluding carboxylic acids is 3. The van der Waals surface area contributed by atoms with E-state index >= 15 is 0 Å². The number of nitrogens with one attached hydrogen (secondary N) is 1. The van der Waals surface area contributed by atoms with Gasteiger partial charge in [0.2, 0.25) is 11.8 Å². The Morgan fingerprint density at radius 3 is 2.46 bits per heavy atom. The number of amides is 3. The average Bonchev–Trinajstić information content (AvgIpc) is 2.88. The Hall–Kier alpha value is -2.89. The Morgan fingerprint density at radius 1 is 1.00 bits per heavy atom. The SMILES string of the molecule is CCCCCCC(=O)NC(C(=O)N1CCN(C(=O)c2cccc3ccccc23)C(C)C1)C(C)CC. The first-order valence-corrected chi connectivity index (χ1v) is 13.2. The van der Waals surface area contributed by atoms with Gasteiger partial charge < -0.3 is 15.1 Å². The predicted octanol–water partition coefficient (Wildman–Crippen LogP) is 5.01. The van der Waals surface area contributed by atoms with Gasteiger partial charge in [0.1, 0.15) is 6.04 Å². The molecule has 190 valence electrons. The molecule has 6 nitrogen and oxygen atoms in total. The summed E-state index contributed by atoms with van der Waals surface area (Å²) in [6, 6.07) is 13.1. The minimum Gasteiger partial charge on any atom is -0.344 e. The lowest BCUT2D eigenvalue weighted by Gasteiger charge is -2.41. The van der Waals surface area contributed by atoms with Crippen LogP contribution in [0.3, 0.4) is 0 Å². The molecule has 0 radical (unpaired) electrons. The third kappa shape index (κ3) is 6.62. The van der Waals surface area contributed by atoms with Crippen LogP contribution in [0.25, 0.3) is 10.8 Å². The Kier molecular flexibility index (Phi) is 9.70. The van der Waals surface area contributed by atoms with Crippen molar-refractivity contribution in [2.45, 2.75) is 78.3 Å². The molecule has 2 aromatic carbocycles. The van der Waals surface area contributed by atoms with Crippen LogP contribution in [0.2, 0.25) is 0 Å². The molecule has 2 aromatic rings. The lowest BCUT2D eigenvalue weighted by atomic mass is 9.96. The van der Waals surface area contributed by atoms with Crippen LogP contribution in [0.4, 0.5) is 0 Å². The zero-order valence-electron chi connectivity index (χ0n) is 21.8. The fourth-order valence-electron chi connectivity index (χ4n) is 4.86. The van der Waals surface area contributed by atoms with E-state index in [1.165, 1.54) is 0 Å². The van der Waals surface area contributed by atoms with E-state index in [0.717, 1.165) is 42.9 Å². The fourth-order valence-corrected chi connectivity index (χ4v) is 4.86. The number of hydrogen-bond donors (Lipinski definition) is 1. The van der Waals surface area contributed by atoms with Gasteiger partial charge in [-0.05, 0) is 36.1 Å². The van der Waals surface area contributed by atoms with Gasteiger partial charge in [0, 0.05) is 37.7 Å². The van der Waals surface area contributed by atoms with Crippen LogP contribution in [0.5, 0.6) is 0 Å². The topological polar surface area (TPSA) is 69.7 Å². The zero-order valence-corrected chi connectivity index (χ0v) is 21.8. The van der Waals surface area contributed by atoms with Gasteiger partial charge in [-0.2, -0.15) is 0 Å². The third-order valence-corrected chi connectivity index (χ3v) is 7.27. The highest BCUT2D eigenvalue weighted by Gasteiger charge is 2.35. The van der Waals surface area contributed by atoms with Crippen LogP contribution in [0.1, 0.15) is 76.6 Å². The minimum atomic E-state index is -0.522. The normalized spacial score (nSPS) is 17.8.